The summed E-state index contributed by atoms with van der Waals surface area (Å²) >= 11 is 0. The summed E-state index contributed by atoms with van der Waals surface area (Å²) in [5.74, 6) is -0.430. The van der Waals surface area contributed by atoms with E-state index in [2.05, 4.69) is 9.97 Å². The van der Waals surface area contributed by atoms with Gasteiger partial charge < -0.3 is 5.11 Å². The molecule has 0 amide bonds. The summed E-state index contributed by atoms with van der Waals surface area (Å²) in [6, 6.07) is 8.13. The molecule has 0 saturated heterocycles. The molecule has 2 heterocycles. The van der Waals surface area contributed by atoms with Crippen LogP contribution in [0, 0.1) is 11.2 Å². The minimum atomic E-state index is -1.37. The van der Waals surface area contributed by atoms with Crippen LogP contribution in [-0.2, 0) is 5.60 Å². The number of hydrogen-bond acceptors (Lipinski definition) is 3. The SMILES string of the molecule is CC(C)(C)C(O)(c1ccccn1)c1ccc(F)cn1. The van der Waals surface area contributed by atoms with Gasteiger partial charge in [0, 0.05) is 11.6 Å². The highest BCUT2D eigenvalue weighted by molar-refractivity contribution is 5.30. The van der Waals surface area contributed by atoms with Crippen LogP contribution in [0.25, 0.3) is 0 Å². The zero-order valence-electron chi connectivity index (χ0n) is 11.3. The lowest BCUT2D eigenvalue weighted by Gasteiger charge is -2.39. The minimum Gasteiger partial charge on any atom is -0.377 e. The van der Waals surface area contributed by atoms with Crippen molar-refractivity contribution in [2.24, 2.45) is 5.41 Å². The molecule has 0 aliphatic heterocycles. The number of pyridine rings is 2. The molecule has 4 heteroatoms. The normalized spacial score (nSPS) is 15.0. The lowest BCUT2D eigenvalue weighted by molar-refractivity contribution is -0.0333. The van der Waals surface area contributed by atoms with Crippen LogP contribution in [0.15, 0.2) is 42.7 Å². The third-order valence-electron chi connectivity index (χ3n) is 3.22. The maximum Gasteiger partial charge on any atom is 0.153 e. The molecule has 1 N–H and O–H groups in total. The third-order valence-corrected chi connectivity index (χ3v) is 3.22. The number of aliphatic hydroxyl groups is 1. The number of aromatic nitrogens is 2. The smallest absolute Gasteiger partial charge is 0.153 e. The molecule has 2 rings (SSSR count). The fraction of sp³-hybridized carbons (Fsp3) is 0.333. The van der Waals surface area contributed by atoms with Crippen LogP contribution in [0.4, 0.5) is 4.39 Å². The highest BCUT2D eigenvalue weighted by Crippen LogP contribution is 2.42. The molecule has 0 aliphatic carbocycles. The maximum atomic E-state index is 13.0. The Kier molecular flexibility index (Phi) is 3.37. The van der Waals surface area contributed by atoms with Gasteiger partial charge in [0.15, 0.2) is 5.60 Å². The standard InChI is InChI=1S/C15H17FN2O/c1-14(2,3)15(19,12-6-4-5-9-17-12)13-8-7-11(16)10-18-13/h4-10,19H,1-3H3. The molecule has 0 spiro atoms. The molecule has 0 saturated carbocycles. The first-order valence-electron chi connectivity index (χ1n) is 6.11. The van der Waals surface area contributed by atoms with E-state index in [9.17, 15) is 9.50 Å². The monoisotopic (exact) mass is 260 g/mol. The van der Waals surface area contributed by atoms with E-state index in [0.717, 1.165) is 6.20 Å². The molecule has 2 aromatic rings. The van der Waals surface area contributed by atoms with Crippen molar-refractivity contribution in [2.45, 2.75) is 26.4 Å². The van der Waals surface area contributed by atoms with Crippen molar-refractivity contribution in [2.75, 3.05) is 0 Å². The molecule has 0 radical (unpaired) electrons. The second-order valence-electron chi connectivity index (χ2n) is 5.54. The third kappa shape index (κ3) is 2.36. The molecule has 2 aromatic heterocycles. The lowest BCUT2D eigenvalue weighted by Crippen LogP contribution is -2.42. The van der Waals surface area contributed by atoms with Crippen LogP contribution < -0.4 is 0 Å². The zero-order chi connectivity index (χ0) is 14.1. The highest BCUT2D eigenvalue weighted by Gasteiger charge is 2.45. The number of rotatable bonds is 2. The van der Waals surface area contributed by atoms with E-state index in [0.29, 0.717) is 11.4 Å². The van der Waals surface area contributed by atoms with Gasteiger partial charge in [-0.05, 0) is 24.3 Å². The molecule has 0 bridgehead atoms. The van der Waals surface area contributed by atoms with E-state index in [1.165, 1.54) is 12.1 Å². The predicted octanol–water partition coefficient (Wildman–Crippen LogP) is 2.90. The average molecular weight is 260 g/mol. The van der Waals surface area contributed by atoms with Gasteiger partial charge in [0.05, 0.1) is 17.6 Å². The van der Waals surface area contributed by atoms with E-state index in [1.807, 2.05) is 26.8 Å². The summed E-state index contributed by atoms with van der Waals surface area (Å²) < 4.78 is 13.0. The first-order valence-corrected chi connectivity index (χ1v) is 6.11. The summed E-state index contributed by atoms with van der Waals surface area (Å²) in [5, 5.41) is 11.1. The highest BCUT2D eigenvalue weighted by atomic mass is 19.1. The molecule has 1 unspecified atom stereocenters. The molecule has 0 fully saturated rings. The van der Waals surface area contributed by atoms with Crippen LogP contribution in [-0.4, -0.2) is 15.1 Å². The second kappa shape index (κ2) is 4.70. The van der Waals surface area contributed by atoms with Gasteiger partial charge in [-0.3, -0.25) is 9.97 Å². The van der Waals surface area contributed by atoms with Crippen LogP contribution in [0.5, 0.6) is 0 Å². The van der Waals surface area contributed by atoms with Crippen LogP contribution in [0.1, 0.15) is 32.2 Å². The predicted molar refractivity (Wildman–Crippen MR) is 70.9 cm³/mol. The Balaban J connectivity index is 2.63. The van der Waals surface area contributed by atoms with Gasteiger partial charge in [-0.1, -0.05) is 26.8 Å². The topological polar surface area (TPSA) is 46.0 Å². The van der Waals surface area contributed by atoms with Gasteiger partial charge in [0.25, 0.3) is 0 Å². The van der Waals surface area contributed by atoms with Crippen molar-refractivity contribution in [3.8, 4) is 0 Å². The Morgan fingerprint density at radius 3 is 2.16 bits per heavy atom. The number of halogens is 1. The van der Waals surface area contributed by atoms with Gasteiger partial charge in [0.1, 0.15) is 5.82 Å². The van der Waals surface area contributed by atoms with Gasteiger partial charge in [-0.15, -0.1) is 0 Å². The van der Waals surface area contributed by atoms with Gasteiger partial charge >= 0.3 is 0 Å². The van der Waals surface area contributed by atoms with E-state index < -0.39 is 16.8 Å². The Morgan fingerprint density at radius 1 is 1.00 bits per heavy atom. The number of hydrogen-bond donors (Lipinski definition) is 1. The fourth-order valence-electron chi connectivity index (χ4n) is 2.07. The van der Waals surface area contributed by atoms with E-state index in [1.54, 1.807) is 18.3 Å². The average Bonchev–Trinajstić information content (AvgIpc) is 2.38. The summed E-state index contributed by atoms with van der Waals surface area (Å²) in [4.78, 5) is 8.26. The van der Waals surface area contributed by atoms with E-state index >= 15 is 0 Å². The van der Waals surface area contributed by atoms with Crippen LogP contribution >= 0.6 is 0 Å². The van der Waals surface area contributed by atoms with Crippen molar-refractivity contribution in [1.29, 1.82) is 0 Å². The molecule has 0 aromatic carbocycles. The largest absolute Gasteiger partial charge is 0.377 e. The first kappa shape index (κ1) is 13.6. The quantitative estimate of drug-likeness (QED) is 0.903. The lowest BCUT2D eigenvalue weighted by atomic mass is 9.72. The van der Waals surface area contributed by atoms with Crippen molar-refractivity contribution in [3.63, 3.8) is 0 Å². The summed E-state index contributed by atoms with van der Waals surface area (Å²) in [7, 11) is 0. The first-order chi connectivity index (χ1) is 8.85. The number of nitrogens with zero attached hydrogens (tertiary/aromatic N) is 2. The Morgan fingerprint density at radius 2 is 1.68 bits per heavy atom. The minimum absolute atomic E-state index is 0.389. The molecular weight excluding hydrogens is 243 g/mol. The van der Waals surface area contributed by atoms with Crippen molar-refractivity contribution in [1.82, 2.24) is 9.97 Å². The molecule has 19 heavy (non-hydrogen) atoms. The summed E-state index contributed by atoms with van der Waals surface area (Å²) in [6.45, 7) is 5.69. The van der Waals surface area contributed by atoms with Crippen LogP contribution in [0.3, 0.4) is 0 Å². The summed E-state index contributed by atoms with van der Waals surface area (Å²) in [5.41, 5.74) is -1.02. The maximum absolute atomic E-state index is 13.0. The molecule has 3 nitrogen and oxygen atoms in total. The van der Waals surface area contributed by atoms with Crippen LogP contribution in [0.2, 0.25) is 0 Å². The molecular formula is C15H17FN2O. The second-order valence-corrected chi connectivity index (χ2v) is 5.54. The Labute approximate surface area is 112 Å². The van der Waals surface area contributed by atoms with E-state index in [-0.39, 0.29) is 0 Å². The van der Waals surface area contributed by atoms with Gasteiger partial charge in [-0.25, -0.2) is 4.39 Å². The van der Waals surface area contributed by atoms with Crippen molar-refractivity contribution in [3.05, 3.63) is 59.9 Å². The Bertz CT molecular complexity index is 549. The van der Waals surface area contributed by atoms with E-state index in [4.69, 9.17) is 0 Å². The summed E-state index contributed by atoms with van der Waals surface area (Å²) in [6.07, 6.45) is 2.73. The van der Waals surface area contributed by atoms with Gasteiger partial charge in [0.2, 0.25) is 0 Å². The van der Waals surface area contributed by atoms with Gasteiger partial charge in [-0.2, -0.15) is 0 Å². The molecule has 0 aliphatic rings. The molecule has 100 valence electrons. The Hall–Kier alpha value is -1.81. The van der Waals surface area contributed by atoms with Crippen molar-refractivity contribution >= 4 is 0 Å². The zero-order valence-corrected chi connectivity index (χ0v) is 11.3. The van der Waals surface area contributed by atoms with Crippen molar-refractivity contribution < 1.29 is 9.50 Å². The fourth-order valence-corrected chi connectivity index (χ4v) is 2.07. The molecule has 1 atom stereocenters.